The van der Waals surface area contributed by atoms with Gasteiger partial charge in [-0.25, -0.2) is 0 Å². The first kappa shape index (κ1) is 21.6. The summed E-state index contributed by atoms with van der Waals surface area (Å²) < 4.78 is 0. The molecule has 0 aliphatic rings. The molecule has 0 spiro atoms. The number of aliphatic hydroxyl groups excluding tert-OH is 1. The van der Waals surface area contributed by atoms with E-state index in [1.165, 1.54) is 22.3 Å². The van der Waals surface area contributed by atoms with E-state index in [0.29, 0.717) is 5.92 Å². The number of hydrogen-bond acceptors (Lipinski definition) is 2. The van der Waals surface area contributed by atoms with Crippen LogP contribution in [0.3, 0.4) is 0 Å². The number of aryl methyl sites for hydroxylation is 2. The van der Waals surface area contributed by atoms with Gasteiger partial charge in [-0.1, -0.05) is 77.8 Å². The zero-order chi connectivity index (χ0) is 20.2. The van der Waals surface area contributed by atoms with Crippen molar-refractivity contribution in [2.45, 2.75) is 74.3 Å². The summed E-state index contributed by atoms with van der Waals surface area (Å²) in [6.07, 6.45) is 5.21. The Kier molecular flexibility index (Phi) is 7.22. The smallest absolute Gasteiger partial charge is 0.0705 e. The van der Waals surface area contributed by atoms with Gasteiger partial charge < -0.3 is 5.11 Å². The van der Waals surface area contributed by atoms with Crippen molar-refractivity contribution in [3.63, 3.8) is 0 Å². The minimum Gasteiger partial charge on any atom is -0.392 e. The van der Waals surface area contributed by atoms with Gasteiger partial charge in [0.15, 0.2) is 0 Å². The predicted octanol–water partition coefficient (Wildman–Crippen LogP) is 6.30. The van der Waals surface area contributed by atoms with Gasteiger partial charge in [0.25, 0.3) is 0 Å². The number of aliphatic hydroxyl groups is 1. The highest BCUT2D eigenvalue weighted by Gasteiger charge is 2.24. The molecule has 1 heterocycles. The van der Waals surface area contributed by atoms with Crippen molar-refractivity contribution >= 4 is 0 Å². The Morgan fingerprint density at radius 2 is 1.70 bits per heavy atom. The maximum atomic E-state index is 10.3. The van der Waals surface area contributed by atoms with Crippen LogP contribution in [-0.4, -0.2) is 10.1 Å². The maximum absolute atomic E-state index is 10.3. The second-order valence-corrected chi connectivity index (χ2v) is 9.15. The Bertz CT molecular complexity index is 751. The summed E-state index contributed by atoms with van der Waals surface area (Å²) in [6, 6.07) is 8.66. The van der Waals surface area contributed by atoms with Crippen LogP contribution in [-0.2, 0) is 19.4 Å². The van der Waals surface area contributed by atoms with Gasteiger partial charge in [0.1, 0.15) is 0 Å². The minimum absolute atomic E-state index is 0.0263. The summed E-state index contributed by atoms with van der Waals surface area (Å²) in [6.45, 7) is 15.5. The average molecular weight is 367 g/mol. The molecule has 2 aromatic rings. The molecular formula is C25H36NO. The first-order valence-electron chi connectivity index (χ1n) is 10.2. The Morgan fingerprint density at radius 3 is 2.19 bits per heavy atom. The third-order valence-corrected chi connectivity index (χ3v) is 4.66. The molecule has 2 nitrogen and oxygen atoms in total. The number of pyridine rings is 1. The van der Waals surface area contributed by atoms with Crippen molar-refractivity contribution in [3.8, 4) is 11.1 Å². The standard InChI is InChI=1S/C25H36NO/c1-8-9-22-21(16-27)24(19-12-10-18(4)11-13-19)20(15-25(5,6)7)23(26-22)14-17(2)3/h10-13,15,17,27H,8-9,14,16H2,1-7H3. The molecule has 1 aromatic heterocycles. The van der Waals surface area contributed by atoms with E-state index in [-0.39, 0.29) is 12.0 Å². The minimum atomic E-state index is 0.0263. The molecule has 0 unspecified atom stereocenters. The van der Waals surface area contributed by atoms with Crippen LogP contribution in [0.2, 0.25) is 0 Å². The summed E-state index contributed by atoms with van der Waals surface area (Å²) in [4.78, 5) is 5.07. The summed E-state index contributed by atoms with van der Waals surface area (Å²) in [7, 11) is 0. The normalized spacial score (nSPS) is 12.0. The van der Waals surface area contributed by atoms with Crippen molar-refractivity contribution in [1.29, 1.82) is 0 Å². The summed E-state index contributed by atoms with van der Waals surface area (Å²) >= 11 is 0. The Balaban J connectivity index is 2.83. The Labute approximate surface area is 166 Å². The van der Waals surface area contributed by atoms with E-state index < -0.39 is 0 Å². The van der Waals surface area contributed by atoms with Crippen LogP contribution < -0.4 is 0 Å². The van der Waals surface area contributed by atoms with E-state index in [1.54, 1.807) is 0 Å². The molecule has 0 saturated heterocycles. The van der Waals surface area contributed by atoms with Gasteiger partial charge >= 0.3 is 0 Å². The fourth-order valence-corrected chi connectivity index (χ4v) is 3.54. The molecule has 2 heteroatoms. The molecule has 1 N–H and O–H groups in total. The van der Waals surface area contributed by atoms with Crippen molar-refractivity contribution in [2.75, 3.05) is 0 Å². The highest BCUT2D eigenvalue weighted by atomic mass is 16.3. The number of hydrogen-bond donors (Lipinski definition) is 1. The molecule has 27 heavy (non-hydrogen) atoms. The van der Waals surface area contributed by atoms with Crippen LogP contribution in [0.5, 0.6) is 0 Å². The van der Waals surface area contributed by atoms with Crippen molar-refractivity contribution in [2.24, 2.45) is 11.3 Å². The van der Waals surface area contributed by atoms with Crippen molar-refractivity contribution < 1.29 is 5.11 Å². The first-order valence-corrected chi connectivity index (χ1v) is 10.2. The molecule has 0 amide bonds. The molecule has 0 bridgehead atoms. The number of nitrogens with zero attached hydrogens (tertiary/aromatic N) is 1. The molecule has 0 saturated carbocycles. The molecule has 0 atom stereocenters. The highest BCUT2D eigenvalue weighted by molar-refractivity contribution is 5.74. The molecule has 0 aliphatic heterocycles. The van der Waals surface area contributed by atoms with Gasteiger partial charge in [-0.2, -0.15) is 0 Å². The number of rotatable bonds is 7. The van der Waals surface area contributed by atoms with Gasteiger partial charge in [0.05, 0.1) is 6.61 Å². The van der Waals surface area contributed by atoms with Crippen LogP contribution in [0.4, 0.5) is 0 Å². The van der Waals surface area contributed by atoms with Crippen LogP contribution in [0, 0.1) is 24.7 Å². The zero-order valence-corrected chi connectivity index (χ0v) is 18.2. The van der Waals surface area contributed by atoms with Gasteiger partial charge in [0.2, 0.25) is 0 Å². The lowest BCUT2D eigenvalue weighted by atomic mass is 9.80. The van der Waals surface area contributed by atoms with E-state index in [0.717, 1.165) is 36.2 Å². The Morgan fingerprint density at radius 1 is 1.07 bits per heavy atom. The fourth-order valence-electron chi connectivity index (χ4n) is 3.54. The van der Waals surface area contributed by atoms with Gasteiger partial charge in [-0.3, -0.25) is 4.98 Å². The third kappa shape index (κ3) is 5.65. The molecule has 2 rings (SSSR count). The van der Waals surface area contributed by atoms with Gasteiger partial charge in [-0.15, -0.1) is 0 Å². The predicted molar refractivity (Wildman–Crippen MR) is 116 cm³/mol. The third-order valence-electron chi connectivity index (χ3n) is 4.66. The first-order chi connectivity index (χ1) is 12.7. The van der Waals surface area contributed by atoms with Crippen molar-refractivity contribution in [3.05, 3.63) is 58.8 Å². The number of benzene rings is 1. The van der Waals surface area contributed by atoms with Crippen LogP contribution >= 0.6 is 0 Å². The van der Waals surface area contributed by atoms with E-state index in [2.05, 4.69) is 79.2 Å². The van der Waals surface area contributed by atoms with E-state index >= 15 is 0 Å². The van der Waals surface area contributed by atoms with E-state index in [1.807, 2.05) is 0 Å². The summed E-state index contributed by atoms with van der Waals surface area (Å²) in [5.74, 6) is 0.532. The van der Waals surface area contributed by atoms with E-state index in [9.17, 15) is 5.11 Å². The van der Waals surface area contributed by atoms with Crippen LogP contribution in [0.1, 0.15) is 76.0 Å². The topological polar surface area (TPSA) is 33.1 Å². The Hall–Kier alpha value is -1.67. The highest BCUT2D eigenvalue weighted by Crippen LogP contribution is 2.38. The fraction of sp³-hybridized carbons (Fsp3) is 0.520. The molecule has 0 aliphatic carbocycles. The maximum Gasteiger partial charge on any atom is 0.0705 e. The van der Waals surface area contributed by atoms with Gasteiger partial charge in [0, 0.05) is 17.0 Å². The van der Waals surface area contributed by atoms with Gasteiger partial charge in [-0.05, 0) is 54.2 Å². The zero-order valence-electron chi connectivity index (χ0n) is 18.2. The SMILES string of the molecule is CCCc1nc(CC(C)C)c([CH]C(C)(C)C)c(-c2ccc(C)cc2)c1CO. The number of aromatic nitrogens is 1. The monoisotopic (exact) mass is 366 g/mol. The molecular weight excluding hydrogens is 330 g/mol. The average Bonchev–Trinajstić information content (AvgIpc) is 2.56. The van der Waals surface area contributed by atoms with Crippen molar-refractivity contribution in [1.82, 2.24) is 4.98 Å². The molecule has 0 fully saturated rings. The summed E-state index contributed by atoms with van der Waals surface area (Å²) in [5, 5.41) is 10.3. The largest absolute Gasteiger partial charge is 0.392 e. The lowest BCUT2D eigenvalue weighted by Crippen LogP contribution is -2.16. The van der Waals surface area contributed by atoms with Crippen LogP contribution in [0.25, 0.3) is 11.1 Å². The molecule has 1 radical (unpaired) electrons. The molecule has 147 valence electrons. The molecule has 1 aromatic carbocycles. The second-order valence-electron chi connectivity index (χ2n) is 9.15. The van der Waals surface area contributed by atoms with Crippen LogP contribution in [0.15, 0.2) is 24.3 Å². The van der Waals surface area contributed by atoms with E-state index in [4.69, 9.17) is 4.98 Å². The summed E-state index contributed by atoms with van der Waals surface area (Å²) in [5.41, 5.74) is 8.02. The quantitative estimate of drug-likeness (QED) is 0.624. The lowest BCUT2D eigenvalue weighted by Gasteiger charge is -2.26. The second kappa shape index (κ2) is 9.01. The lowest BCUT2D eigenvalue weighted by molar-refractivity contribution is 0.280.